The minimum Gasteiger partial charge on any atom is -0.356 e. The van der Waals surface area contributed by atoms with Gasteiger partial charge in [0, 0.05) is 24.8 Å². The van der Waals surface area contributed by atoms with Crippen molar-refractivity contribution in [1.82, 2.24) is 9.97 Å². The minimum absolute atomic E-state index is 0.486. The van der Waals surface area contributed by atoms with Gasteiger partial charge in [0.2, 0.25) is 0 Å². The SMILES string of the molecule is CCCc1cc(N(CC)CC(C)CN)ncn1. The van der Waals surface area contributed by atoms with Crippen LogP contribution in [0.15, 0.2) is 12.4 Å². The van der Waals surface area contributed by atoms with Crippen molar-refractivity contribution in [2.24, 2.45) is 11.7 Å². The predicted molar refractivity (Wildman–Crippen MR) is 72.1 cm³/mol. The Bertz CT molecular complexity index is 327. The van der Waals surface area contributed by atoms with Crippen molar-refractivity contribution in [3.63, 3.8) is 0 Å². The average Bonchev–Trinajstić information content (AvgIpc) is 2.36. The Morgan fingerprint density at radius 1 is 1.35 bits per heavy atom. The third-order valence-electron chi connectivity index (χ3n) is 2.86. The van der Waals surface area contributed by atoms with Crippen LogP contribution in [0.3, 0.4) is 0 Å². The zero-order valence-corrected chi connectivity index (χ0v) is 11.2. The second-order valence-electron chi connectivity index (χ2n) is 4.50. The lowest BCUT2D eigenvalue weighted by atomic mass is 10.1. The molecule has 1 aromatic heterocycles. The summed E-state index contributed by atoms with van der Waals surface area (Å²) in [6, 6.07) is 2.09. The highest BCUT2D eigenvalue weighted by Crippen LogP contribution is 2.13. The lowest BCUT2D eigenvalue weighted by Crippen LogP contribution is -2.32. The summed E-state index contributed by atoms with van der Waals surface area (Å²) in [6.07, 6.45) is 3.79. The van der Waals surface area contributed by atoms with Gasteiger partial charge in [0.1, 0.15) is 12.1 Å². The maximum absolute atomic E-state index is 5.67. The highest BCUT2D eigenvalue weighted by Gasteiger charge is 2.10. The first-order valence-electron chi connectivity index (χ1n) is 6.47. The zero-order chi connectivity index (χ0) is 12.7. The van der Waals surface area contributed by atoms with Crippen LogP contribution in [0, 0.1) is 5.92 Å². The highest BCUT2D eigenvalue weighted by atomic mass is 15.2. The second-order valence-corrected chi connectivity index (χ2v) is 4.50. The number of anilines is 1. The largest absolute Gasteiger partial charge is 0.356 e. The molecule has 0 amide bonds. The molecule has 0 radical (unpaired) electrons. The lowest BCUT2D eigenvalue weighted by Gasteiger charge is -2.25. The quantitative estimate of drug-likeness (QED) is 0.785. The molecule has 4 nitrogen and oxygen atoms in total. The van der Waals surface area contributed by atoms with Crippen LogP contribution < -0.4 is 10.6 Å². The van der Waals surface area contributed by atoms with Crippen molar-refractivity contribution >= 4 is 5.82 Å². The van der Waals surface area contributed by atoms with Crippen LogP contribution in [-0.2, 0) is 6.42 Å². The van der Waals surface area contributed by atoms with Gasteiger partial charge in [0.25, 0.3) is 0 Å². The summed E-state index contributed by atoms with van der Waals surface area (Å²) in [6.45, 7) is 9.09. The molecule has 1 rings (SSSR count). The molecule has 0 bridgehead atoms. The molecular formula is C13H24N4. The summed E-state index contributed by atoms with van der Waals surface area (Å²) in [4.78, 5) is 10.9. The molecular weight excluding hydrogens is 212 g/mol. The molecule has 17 heavy (non-hydrogen) atoms. The maximum Gasteiger partial charge on any atom is 0.132 e. The molecule has 1 unspecified atom stereocenters. The van der Waals surface area contributed by atoms with E-state index in [1.807, 2.05) is 0 Å². The van der Waals surface area contributed by atoms with E-state index >= 15 is 0 Å². The third-order valence-corrected chi connectivity index (χ3v) is 2.86. The van der Waals surface area contributed by atoms with Crippen molar-refractivity contribution in [1.29, 1.82) is 0 Å². The molecule has 1 atom stereocenters. The van der Waals surface area contributed by atoms with Crippen LogP contribution >= 0.6 is 0 Å². The van der Waals surface area contributed by atoms with Gasteiger partial charge in [-0.1, -0.05) is 20.3 Å². The molecule has 4 heteroatoms. The van der Waals surface area contributed by atoms with Crippen LogP contribution in [0.25, 0.3) is 0 Å². The molecule has 2 N–H and O–H groups in total. The van der Waals surface area contributed by atoms with E-state index in [1.54, 1.807) is 6.33 Å². The van der Waals surface area contributed by atoms with E-state index < -0.39 is 0 Å². The van der Waals surface area contributed by atoms with Gasteiger partial charge in [-0.05, 0) is 25.8 Å². The lowest BCUT2D eigenvalue weighted by molar-refractivity contribution is 0.572. The van der Waals surface area contributed by atoms with Gasteiger partial charge >= 0.3 is 0 Å². The molecule has 1 heterocycles. The molecule has 0 aliphatic carbocycles. The van der Waals surface area contributed by atoms with Crippen LogP contribution in [0.1, 0.15) is 32.9 Å². The van der Waals surface area contributed by atoms with E-state index in [1.165, 1.54) is 0 Å². The number of rotatable bonds is 7. The summed E-state index contributed by atoms with van der Waals surface area (Å²) >= 11 is 0. The number of hydrogen-bond donors (Lipinski definition) is 1. The topological polar surface area (TPSA) is 55.0 Å². The van der Waals surface area contributed by atoms with Gasteiger partial charge in [-0.2, -0.15) is 0 Å². The zero-order valence-electron chi connectivity index (χ0n) is 11.2. The van der Waals surface area contributed by atoms with E-state index in [4.69, 9.17) is 5.73 Å². The molecule has 96 valence electrons. The average molecular weight is 236 g/mol. The van der Waals surface area contributed by atoms with Crippen LogP contribution in [0.5, 0.6) is 0 Å². The summed E-state index contributed by atoms with van der Waals surface area (Å²) in [5, 5.41) is 0. The van der Waals surface area contributed by atoms with Crippen molar-refractivity contribution in [2.45, 2.75) is 33.6 Å². The Hall–Kier alpha value is -1.16. The Balaban J connectivity index is 2.76. The van der Waals surface area contributed by atoms with Crippen molar-refractivity contribution < 1.29 is 0 Å². The van der Waals surface area contributed by atoms with E-state index in [0.717, 1.165) is 37.4 Å². The molecule has 0 fully saturated rings. The monoisotopic (exact) mass is 236 g/mol. The first-order chi connectivity index (χ1) is 8.21. The van der Waals surface area contributed by atoms with Crippen molar-refractivity contribution in [3.05, 3.63) is 18.1 Å². The highest BCUT2D eigenvalue weighted by molar-refractivity contribution is 5.38. The normalized spacial score (nSPS) is 12.5. The van der Waals surface area contributed by atoms with E-state index in [2.05, 4.69) is 41.7 Å². The minimum atomic E-state index is 0.486. The second kappa shape index (κ2) is 7.22. The molecule has 0 saturated heterocycles. The standard InChI is InChI=1S/C13H24N4/c1-4-6-12-7-13(16-10-15-12)17(5-2)9-11(3)8-14/h7,10-11H,4-6,8-9,14H2,1-3H3. The van der Waals surface area contributed by atoms with Gasteiger partial charge < -0.3 is 10.6 Å². The van der Waals surface area contributed by atoms with Crippen LogP contribution in [0.4, 0.5) is 5.82 Å². The number of aromatic nitrogens is 2. The Kier molecular flexibility index (Phi) is 5.91. The fraction of sp³-hybridized carbons (Fsp3) is 0.692. The van der Waals surface area contributed by atoms with Gasteiger partial charge in [-0.3, -0.25) is 0 Å². The summed E-state index contributed by atoms with van der Waals surface area (Å²) in [7, 11) is 0. The van der Waals surface area contributed by atoms with E-state index in [0.29, 0.717) is 12.5 Å². The summed E-state index contributed by atoms with van der Waals surface area (Å²) < 4.78 is 0. The Morgan fingerprint density at radius 3 is 2.71 bits per heavy atom. The molecule has 1 aromatic rings. The van der Waals surface area contributed by atoms with Gasteiger partial charge in [0.05, 0.1) is 0 Å². The third kappa shape index (κ3) is 4.30. The van der Waals surface area contributed by atoms with Gasteiger partial charge in [0.15, 0.2) is 0 Å². The number of nitrogens with two attached hydrogens (primary N) is 1. The fourth-order valence-electron chi connectivity index (χ4n) is 1.79. The molecule has 0 saturated carbocycles. The van der Waals surface area contributed by atoms with Gasteiger partial charge in [-0.15, -0.1) is 0 Å². The van der Waals surface area contributed by atoms with E-state index in [9.17, 15) is 0 Å². The molecule has 0 aliphatic heterocycles. The van der Waals surface area contributed by atoms with E-state index in [-0.39, 0.29) is 0 Å². The predicted octanol–water partition coefficient (Wildman–Crippen LogP) is 1.85. The first kappa shape index (κ1) is 13.9. The molecule has 0 aromatic carbocycles. The smallest absolute Gasteiger partial charge is 0.132 e. The van der Waals surface area contributed by atoms with Crippen LogP contribution in [0.2, 0.25) is 0 Å². The number of nitrogens with zero attached hydrogens (tertiary/aromatic N) is 3. The first-order valence-corrected chi connectivity index (χ1v) is 6.47. The van der Waals surface area contributed by atoms with Gasteiger partial charge in [-0.25, -0.2) is 9.97 Å². The van der Waals surface area contributed by atoms with Crippen molar-refractivity contribution in [2.75, 3.05) is 24.5 Å². The summed E-state index contributed by atoms with van der Waals surface area (Å²) in [5.41, 5.74) is 6.79. The molecule has 0 aliphatic rings. The molecule has 0 spiro atoms. The number of aryl methyl sites for hydroxylation is 1. The Morgan fingerprint density at radius 2 is 2.12 bits per heavy atom. The Labute approximate surface area is 104 Å². The summed E-state index contributed by atoms with van der Waals surface area (Å²) in [5.74, 6) is 1.51. The van der Waals surface area contributed by atoms with Crippen molar-refractivity contribution in [3.8, 4) is 0 Å². The fourth-order valence-corrected chi connectivity index (χ4v) is 1.79. The number of hydrogen-bond acceptors (Lipinski definition) is 4. The van der Waals surface area contributed by atoms with Crippen LogP contribution in [-0.4, -0.2) is 29.6 Å². The maximum atomic E-state index is 5.67.